The molecule has 144 valence electrons. The van der Waals surface area contributed by atoms with Crippen LogP contribution in [0.15, 0.2) is 18.2 Å². The molecule has 0 spiro atoms. The number of hydrogen-bond donors (Lipinski definition) is 3. The van der Waals surface area contributed by atoms with Crippen LogP contribution in [0.5, 0.6) is 0 Å². The first-order valence-corrected chi connectivity index (χ1v) is 9.74. The fourth-order valence-electron chi connectivity index (χ4n) is 4.37. The first-order chi connectivity index (χ1) is 13.0. The number of carbonyl (C=O) groups excluding carboxylic acids is 3. The zero-order valence-corrected chi connectivity index (χ0v) is 15.6. The van der Waals surface area contributed by atoms with Gasteiger partial charge in [0.25, 0.3) is 5.91 Å². The molecule has 3 amide bonds. The summed E-state index contributed by atoms with van der Waals surface area (Å²) in [4.78, 5) is 38.2. The molecule has 0 radical (unpaired) electrons. The van der Waals surface area contributed by atoms with Crippen molar-refractivity contribution in [3.05, 3.63) is 34.9 Å². The van der Waals surface area contributed by atoms with E-state index < -0.39 is 6.04 Å². The van der Waals surface area contributed by atoms with E-state index in [-0.39, 0.29) is 24.1 Å². The maximum atomic E-state index is 13.0. The Morgan fingerprint density at radius 1 is 1.22 bits per heavy atom. The van der Waals surface area contributed by atoms with E-state index in [1.54, 1.807) is 4.90 Å². The highest BCUT2D eigenvalue weighted by molar-refractivity contribution is 6.05. The number of benzene rings is 1. The van der Waals surface area contributed by atoms with Gasteiger partial charge in [-0.05, 0) is 36.4 Å². The Hall–Kier alpha value is -2.25. The quantitative estimate of drug-likeness (QED) is 0.658. The summed E-state index contributed by atoms with van der Waals surface area (Å²) in [6.45, 7) is 5.25. The van der Waals surface area contributed by atoms with Crippen LogP contribution in [-0.4, -0.2) is 47.8 Å². The van der Waals surface area contributed by atoms with Gasteiger partial charge in [0, 0.05) is 37.7 Å². The van der Waals surface area contributed by atoms with Gasteiger partial charge in [-0.15, -0.1) is 0 Å². The number of nitrogens with one attached hydrogen (secondary N) is 3. The summed E-state index contributed by atoms with van der Waals surface area (Å²) >= 11 is 0. The van der Waals surface area contributed by atoms with E-state index in [2.05, 4.69) is 22.9 Å². The maximum absolute atomic E-state index is 13.0. The summed E-state index contributed by atoms with van der Waals surface area (Å²) in [7, 11) is 0. The molecule has 3 unspecified atom stereocenters. The molecule has 0 aromatic heterocycles. The van der Waals surface area contributed by atoms with Crippen LogP contribution in [0.2, 0.25) is 0 Å². The first-order valence-electron chi connectivity index (χ1n) is 9.74. The summed E-state index contributed by atoms with van der Waals surface area (Å²) in [6.07, 6.45) is 1.87. The van der Waals surface area contributed by atoms with Crippen LogP contribution in [0.3, 0.4) is 0 Å². The Balaban J connectivity index is 1.45. The highest BCUT2D eigenvalue weighted by atomic mass is 16.2. The second kappa shape index (κ2) is 7.40. The number of nitrogens with zero attached hydrogens (tertiary/aromatic N) is 1. The third-order valence-corrected chi connectivity index (χ3v) is 6.01. The number of amides is 3. The number of piperidine rings is 1. The van der Waals surface area contributed by atoms with Gasteiger partial charge in [-0.2, -0.15) is 0 Å². The summed E-state index contributed by atoms with van der Waals surface area (Å²) in [5, 5.41) is 9.33. The van der Waals surface area contributed by atoms with Gasteiger partial charge in [0.2, 0.25) is 11.8 Å². The number of carbonyl (C=O) groups is 3. The Morgan fingerprint density at radius 3 is 2.81 bits per heavy atom. The fraction of sp³-hybridized carbons (Fsp3) is 0.550. The molecule has 3 aliphatic rings. The molecule has 1 aromatic carbocycles. The maximum Gasteiger partial charge on any atom is 0.255 e. The standard InChI is InChI=1S/C20H26N4O3/c1-12-7-8-22-15(12)10-21-9-13-3-2-4-14-11-24(20(27)18(13)14)16-5-6-17(25)23-19(16)26/h2-4,12,15-16,21-22H,5-11H2,1H3,(H,23,25,26). The van der Waals surface area contributed by atoms with Gasteiger partial charge in [-0.1, -0.05) is 25.1 Å². The van der Waals surface area contributed by atoms with Crippen molar-refractivity contribution >= 4 is 17.7 Å². The van der Waals surface area contributed by atoms with Crippen molar-refractivity contribution in [2.45, 2.75) is 51.4 Å². The number of rotatable bonds is 5. The normalized spacial score (nSPS) is 27.8. The monoisotopic (exact) mass is 370 g/mol. The minimum atomic E-state index is -0.563. The highest BCUT2D eigenvalue weighted by Crippen LogP contribution is 2.29. The van der Waals surface area contributed by atoms with Crippen LogP contribution >= 0.6 is 0 Å². The summed E-state index contributed by atoms with van der Waals surface area (Å²) in [5.41, 5.74) is 2.64. The predicted molar refractivity (Wildman–Crippen MR) is 99.8 cm³/mol. The Labute approximate surface area is 158 Å². The Morgan fingerprint density at radius 2 is 2.07 bits per heavy atom. The zero-order valence-electron chi connectivity index (χ0n) is 15.6. The lowest BCUT2D eigenvalue weighted by Crippen LogP contribution is -2.52. The molecular formula is C20H26N4O3. The topological polar surface area (TPSA) is 90.5 Å². The molecule has 7 heteroatoms. The molecule has 0 bridgehead atoms. The van der Waals surface area contributed by atoms with Gasteiger partial charge in [0.1, 0.15) is 6.04 Å². The lowest BCUT2D eigenvalue weighted by atomic mass is 10.0. The van der Waals surface area contributed by atoms with Crippen molar-refractivity contribution in [1.29, 1.82) is 0 Å². The smallest absolute Gasteiger partial charge is 0.255 e. The van der Waals surface area contributed by atoms with Crippen molar-refractivity contribution in [1.82, 2.24) is 20.9 Å². The Kier molecular flexibility index (Phi) is 4.97. The van der Waals surface area contributed by atoms with E-state index in [1.165, 1.54) is 6.42 Å². The van der Waals surface area contributed by atoms with Crippen molar-refractivity contribution in [3.8, 4) is 0 Å². The lowest BCUT2D eigenvalue weighted by Gasteiger charge is -2.29. The lowest BCUT2D eigenvalue weighted by molar-refractivity contribution is -0.136. The van der Waals surface area contributed by atoms with Crippen LogP contribution in [0, 0.1) is 5.92 Å². The molecule has 2 saturated heterocycles. The van der Waals surface area contributed by atoms with Gasteiger partial charge in [-0.25, -0.2) is 0 Å². The molecule has 3 atom stereocenters. The largest absolute Gasteiger partial charge is 0.322 e. The average Bonchev–Trinajstić information content (AvgIpc) is 3.19. The third kappa shape index (κ3) is 3.49. The molecule has 3 heterocycles. The minimum Gasteiger partial charge on any atom is -0.322 e. The first kappa shape index (κ1) is 18.1. The molecule has 3 N–H and O–H groups in total. The Bertz CT molecular complexity index is 778. The van der Waals surface area contributed by atoms with Crippen molar-refractivity contribution < 1.29 is 14.4 Å². The van der Waals surface area contributed by atoms with E-state index in [4.69, 9.17) is 0 Å². The van der Waals surface area contributed by atoms with Gasteiger partial charge >= 0.3 is 0 Å². The zero-order chi connectivity index (χ0) is 19.0. The number of hydrogen-bond acceptors (Lipinski definition) is 5. The summed E-state index contributed by atoms with van der Waals surface area (Å²) in [6, 6.07) is 5.80. The molecule has 3 aliphatic heterocycles. The fourth-order valence-corrected chi connectivity index (χ4v) is 4.37. The third-order valence-electron chi connectivity index (χ3n) is 6.01. The van der Waals surface area contributed by atoms with E-state index in [9.17, 15) is 14.4 Å². The van der Waals surface area contributed by atoms with Crippen LogP contribution in [0.1, 0.15) is 47.7 Å². The summed E-state index contributed by atoms with van der Waals surface area (Å²) < 4.78 is 0. The molecule has 7 nitrogen and oxygen atoms in total. The minimum absolute atomic E-state index is 0.107. The van der Waals surface area contributed by atoms with Crippen LogP contribution < -0.4 is 16.0 Å². The number of imide groups is 1. The average molecular weight is 370 g/mol. The van der Waals surface area contributed by atoms with Gasteiger partial charge in [0.15, 0.2) is 0 Å². The predicted octanol–water partition coefficient (Wildman–Crippen LogP) is 0.535. The second-order valence-electron chi connectivity index (χ2n) is 7.81. The van der Waals surface area contributed by atoms with Gasteiger partial charge in [-0.3, -0.25) is 19.7 Å². The van der Waals surface area contributed by atoms with Gasteiger partial charge in [0.05, 0.1) is 0 Å². The van der Waals surface area contributed by atoms with Crippen LogP contribution in [0.25, 0.3) is 0 Å². The molecule has 1 aromatic rings. The second-order valence-corrected chi connectivity index (χ2v) is 7.81. The molecular weight excluding hydrogens is 344 g/mol. The van der Waals surface area contributed by atoms with Crippen LogP contribution in [0.4, 0.5) is 0 Å². The molecule has 4 rings (SSSR count). The van der Waals surface area contributed by atoms with E-state index in [1.807, 2.05) is 18.2 Å². The molecule has 0 aliphatic carbocycles. The summed E-state index contributed by atoms with van der Waals surface area (Å²) in [5.74, 6) is -0.0821. The molecule has 27 heavy (non-hydrogen) atoms. The van der Waals surface area contributed by atoms with Gasteiger partial charge < -0.3 is 15.5 Å². The van der Waals surface area contributed by atoms with Crippen molar-refractivity contribution in [2.24, 2.45) is 5.92 Å². The molecule has 2 fully saturated rings. The van der Waals surface area contributed by atoms with E-state index >= 15 is 0 Å². The van der Waals surface area contributed by atoms with E-state index in [0.29, 0.717) is 37.0 Å². The SMILES string of the molecule is CC1CCNC1CNCc1cccc2c1C(=O)N(C1CCC(=O)NC1=O)C2. The van der Waals surface area contributed by atoms with Crippen LogP contribution in [-0.2, 0) is 22.7 Å². The van der Waals surface area contributed by atoms with E-state index in [0.717, 1.165) is 24.2 Å². The van der Waals surface area contributed by atoms with Crippen molar-refractivity contribution in [2.75, 3.05) is 13.1 Å². The highest BCUT2D eigenvalue weighted by Gasteiger charge is 2.39. The number of fused-ring (bicyclic) bond motifs is 1. The van der Waals surface area contributed by atoms with Crippen molar-refractivity contribution in [3.63, 3.8) is 0 Å². The molecule has 0 saturated carbocycles.